The Bertz CT molecular complexity index is 423. The average Bonchev–Trinajstić information content (AvgIpc) is 2.82. The fourth-order valence-corrected chi connectivity index (χ4v) is 1.95. The van der Waals surface area contributed by atoms with Crippen molar-refractivity contribution >= 4 is 18.2 Å². The van der Waals surface area contributed by atoms with Gasteiger partial charge in [0.05, 0.1) is 6.04 Å². The van der Waals surface area contributed by atoms with Crippen LogP contribution in [-0.2, 0) is 0 Å². The molecule has 0 fully saturated rings. The molecule has 1 aromatic carbocycles. The van der Waals surface area contributed by atoms with E-state index in [1.165, 1.54) is 0 Å². The minimum Gasteiger partial charge on any atom is -0.454 e. The van der Waals surface area contributed by atoms with Gasteiger partial charge in [-0.3, -0.25) is 4.79 Å². The quantitative estimate of drug-likeness (QED) is 0.836. The number of Topliss-reactive ketones (excluding diaryl/α,β-unsaturated/α-hetero) is 1. The van der Waals surface area contributed by atoms with Crippen molar-refractivity contribution in [2.24, 2.45) is 0 Å². The van der Waals surface area contributed by atoms with Crippen LogP contribution in [0.5, 0.6) is 11.5 Å². The first-order valence-electron chi connectivity index (χ1n) is 5.87. The van der Waals surface area contributed by atoms with Gasteiger partial charge in [0.2, 0.25) is 6.79 Å². The zero-order valence-corrected chi connectivity index (χ0v) is 11.4. The smallest absolute Gasteiger partial charge is 0.231 e. The van der Waals surface area contributed by atoms with Crippen molar-refractivity contribution in [2.45, 2.75) is 25.8 Å². The number of ketones is 1. The topological polar surface area (TPSA) is 47.6 Å². The predicted octanol–water partition coefficient (Wildman–Crippen LogP) is 2.41. The second-order valence-electron chi connectivity index (χ2n) is 4.06. The van der Waals surface area contributed by atoms with Gasteiger partial charge in [0, 0.05) is 5.56 Å². The molecule has 5 heteroatoms. The lowest BCUT2D eigenvalue weighted by Crippen LogP contribution is -2.33. The zero-order chi connectivity index (χ0) is 12.3. The van der Waals surface area contributed by atoms with Crippen LogP contribution in [0.25, 0.3) is 0 Å². The van der Waals surface area contributed by atoms with E-state index in [4.69, 9.17) is 9.47 Å². The third-order valence-electron chi connectivity index (χ3n) is 2.90. The molecule has 0 saturated carbocycles. The molecule has 1 aliphatic heterocycles. The summed E-state index contributed by atoms with van der Waals surface area (Å²) in [6.07, 6.45) is 1.81. The van der Waals surface area contributed by atoms with Crippen molar-refractivity contribution in [2.75, 3.05) is 13.8 Å². The molecule has 0 amide bonds. The summed E-state index contributed by atoms with van der Waals surface area (Å²) in [7, 11) is 1.81. The van der Waals surface area contributed by atoms with E-state index >= 15 is 0 Å². The van der Waals surface area contributed by atoms with Crippen LogP contribution in [0.3, 0.4) is 0 Å². The molecule has 0 radical (unpaired) electrons. The number of hydrogen-bond donors (Lipinski definition) is 1. The number of likely N-dealkylation sites (N-methyl/N-ethyl adjacent to an activating group) is 1. The highest BCUT2D eigenvalue weighted by Gasteiger charge is 2.20. The summed E-state index contributed by atoms with van der Waals surface area (Å²) in [5.74, 6) is 1.47. The average molecular weight is 272 g/mol. The lowest BCUT2D eigenvalue weighted by atomic mass is 10.0. The maximum atomic E-state index is 12.2. The minimum absolute atomic E-state index is 0. The van der Waals surface area contributed by atoms with E-state index in [1.54, 1.807) is 18.2 Å². The van der Waals surface area contributed by atoms with Gasteiger partial charge in [-0.25, -0.2) is 0 Å². The number of halogens is 1. The Morgan fingerprint density at radius 2 is 2.11 bits per heavy atom. The first kappa shape index (κ1) is 14.8. The molecule has 4 nitrogen and oxygen atoms in total. The molecule has 0 saturated heterocycles. The van der Waals surface area contributed by atoms with E-state index in [0.29, 0.717) is 17.1 Å². The van der Waals surface area contributed by atoms with Gasteiger partial charge >= 0.3 is 0 Å². The molecule has 1 aliphatic rings. The Morgan fingerprint density at radius 3 is 2.78 bits per heavy atom. The Labute approximate surface area is 113 Å². The van der Waals surface area contributed by atoms with Crippen LogP contribution in [0.2, 0.25) is 0 Å². The molecule has 18 heavy (non-hydrogen) atoms. The van der Waals surface area contributed by atoms with Crippen LogP contribution in [0, 0.1) is 0 Å². The number of carbonyl (C=O) groups excluding carboxylic acids is 1. The summed E-state index contributed by atoms with van der Waals surface area (Å²) in [4.78, 5) is 12.2. The number of nitrogens with one attached hydrogen (secondary N) is 1. The second kappa shape index (κ2) is 6.61. The SMILES string of the molecule is CCCC(NC)C(=O)c1ccc2c(c1)OCO2.Cl. The van der Waals surface area contributed by atoms with Gasteiger partial charge in [0.1, 0.15) is 0 Å². The molecule has 2 rings (SSSR count). The molecule has 0 aliphatic carbocycles. The van der Waals surface area contributed by atoms with E-state index in [0.717, 1.165) is 12.8 Å². The van der Waals surface area contributed by atoms with Crippen molar-refractivity contribution in [3.63, 3.8) is 0 Å². The standard InChI is InChI=1S/C13H17NO3.ClH/c1-3-4-10(14-2)13(15)9-5-6-11-12(7-9)17-8-16-11;/h5-7,10,14H,3-4,8H2,1-2H3;1H. The summed E-state index contributed by atoms with van der Waals surface area (Å²) in [6.45, 7) is 2.30. The van der Waals surface area contributed by atoms with E-state index < -0.39 is 0 Å². The minimum atomic E-state index is -0.125. The summed E-state index contributed by atoms with van der Waals surface area (Å²) in [5.41, 5.74) is 0.669. The molecule has 0 bridgehead atoms. The van der Waals surface area contributed by atoms with Crippen LogP contribution >= 0.6 is 12.4 Å². The van der Waals surface area contributed by atoms with Crippen molar-refractivity contribution in [3.05, 3.63) is 23.8 Å². The molecule has 1 unspecified atom stereocenters. The lowest BCUT2D eigenvalue weighted by molar-refractivity contribution is 0.0941. The van der Waals surface area contributed by atoms with Crippen LogP contribution in [0.15, 0.2) is 18.2 Å². The van der Waals surface area contributed by atoms with E-state index in [2.05, 4.69) is 12.2 Å². The maximum Gasteiger partial charge on any atom is 0.231 e. The highest BCUT2D eigenvalue weighted by atomic mass is 35.5. The third-order valence-corrected chi connectivity index (χ3v) is 2.90. The molecular weight excluding hydrogens is 254 g/mol. The van der Waals surface area contributed by atoms with Gasteiger partial charge in [0.15, 0.2) is 17.3 Å². The Morgan fingerprint density at radius 1 is 1.39 bits per heavy atom. The van der Waals surface area contributed by atoms with Crippen LogP contribution in [-0.4, -0.2) is 25.7 Å². The van der Waals surface area contributed by atoms with Crippen LogP contribution < -0.4 is 14.8 Å². The second-order valence-corrected chi connectivity index (χ2v) is 4.06. The number of carbonyl (C=O) groups is 1. The molecule has 0 aromatic heterocycles. The Balaban J connectivity index is 0.00000162. The van der Waals surface area contributed by atoms with Crippen molar-refractivity contribution < 1.29 is 14.3 Å². The first-order valence-corrected chi connectivity index (χ1v) is 5.87. The molecule has 100 valence electrons. The summed E-state index contributed by atoms with van der Waals surface area (Å²) in [5, 5.41) is 3.05. The summed E-state index contributed by atoms with van der Waals surface area (Å²) >= 11 is 0. The summed E-state index contributed by atoms with van der Waals surface area (Å²) in [6, 6.07) is 5.20. The van der Waals surface area contributed by atoms with E-state index in [1.807, 2.05) is 7.05 Å². The van der Waals surface area contributed by atoms with Gasteiger partial charge in [-0.05, 0) is 31.7 Å². The number of benzene rings is 1. The van der Waals surface area contributed by atoms with Crippen LogP contribution in [0.1, 0.15) is 30.1 Å². The molecule has 0 spiro atoms. The van der Waals surface area contributed by atoms with Crippen molar-refractivity contribution in [3.8, 4) is 11.5 Å². The normalized spacial score (nSPS) is 13.9. The number of hydrogen-bond acceptors (Lipinski definition) is 4. The van der Waals surface area contributed by atoms with Gasteiger partial charge in [-0.2, -0.15) is 0 Å². The Kier molecular flexibility index (Phi) is 5.44. The van der Waals surface area contributed by atoms with Gasteiger partial charge in [-0.15, -0.1) is 12.4 Å². The molecule has 1 heterocycles. The molecule has 1 N–H and O–H groups in total. The summed E-state index contributed by atoms with van der Waals surface area (Å²) < 4.78 is 10.5. The maximum absolute atomic E-state index is 12.2. The first-order chi connectivity index (χ1) is 8.26. The number of fused-ring (bicyclic) bond motifs is 1. The number of rotatable bonds is 5. The van der Waals surface area contributed by atoms with E-state index in [-0.39, 0.29) is 31.0 Å². The number of ether oxygens (including phenoxy) is 2. The fraction of sp³-hybridized carbons (Fsp3) is 0.462. The fourth-order valence-electron chi connectivity index (χ4n) is 1.95. The molecule has 1 atom stereocenters. The highest BCUT2D eigenvalue weighted by Crippen LogP contribution is 2.32. The third kappa shape index (κ3) is 2.94. The van der Waals surface area contributed by atoms with Crippen LogP contribution in [0.4, 0.5) is 0 Å². The zero-order valence-electron chi connectivity index (χ0n) is 10.6. The van der Waals surface area contributed by atoms with Gasteiger partial charge < -0.3 is 14.8 Å². The molecular formula is C13H18ClNO3. The monoisotopic (exact) mass is 271 g/mol. The largest absolute Gasteiger partial charge is 0.454 e. The predicted molar refractivity (Wildman–Crippen MR) is 71.9 cm³/mol. The lowest BCUT2D eigenvalue weighted by Gasteiger charge is -2.14. The Hall–Kier alpha value is -1.26. The highest BCUT2D eigenvalue weighted by molar-refractivity contribution is 6.00. The van der Waals surface area contributed by atoms with E-state index in [9.17, 15) is 4.79 Å². The van der Waals surface area contributed by atoms with Crippen molar-refractivity contribution in [1.82, 2.24) is 5.32 Å². The van der Waals surface area contributed by atoms with Gasteiger partial charge in [-0.1, -0.05) is 13.3 Å². The van der Waals surface area contributed by atoms with Crippen molar-refractivity contribution in [1.29, 1.82) is 0 Å². The van der Waals surface area contributed by atoms with Gasteiger partial charge in [0.25, 0.3) is 0 Å². The molecule has 1 aromatic rings.